The van der Waals surface area contributed by atoms with Gasteiger partial charge in [0.2, 0.25) is 5.91 Å². The van der Waals surface area contributed by atoms with E-state index in [0.29, 0.717) is 56.5 Å². The summed E-state index contributed by atoms with van der Waals surface area (Å²) in [7, 11) is 1.60. The van der Waals surface area contributed by atoms with Crippen LogP contribution >= 0.6 is 0 Å². The molecular formula is C36H48N6O7. The van der Waals surface area contributed by atoms with Gasteiger partial charge in [0.25, 0.3) is 5.91 Å². The number of piperidine rings is 1. The Balaban J connectivity index is 1.49. The molecule has 0 unspecified atom stereocenters. The number of morpholine rings is 1. The Morgan fingerprint density at radius 2 is 1.63 bits per heavy atom. The number of likely N-dealkylation sites (tertiary alicyclic amines) is 1. The van der Waals surface area contributed by atoms with Crippen LogP contribution in [0, 0.1) is 11.8 Å². The van der Waals surface area contributed by atoms with E-state index in [1.165, 1.54) is 0 Å². The molecule has 0 spiro atoms. The maximum atomic E-state index is 14.7. The lowest BCUT2D eigenvalue weighted by molar-refractivity contribution is -0.142. The van der Waals surface area contributed by atoms with Crippen molar-refractivity contribution in [3.05, 3.63) is 66.0 Å². The number of aromatic nitrogens is 3. The topological polar surface area (TPSA) is 129 Å². The Labute approximate surface area is 288 Å². The molecule has 49 heavy (non-hydrogen) atoms. The molecule has 0 aliphatic carbocycles. The van der Waals surface area contributed by atoms with Gasteiger partial charge in [-0.1, -0.05) is 37.3 Å². The van der Waals surface area contributed by atoms with Crippen LogP contribution in [0.5, 0.6) is 11.5 Å². The number of amides is 3. The van der Waals surface area contributed by atoms with E-state index in [2.05, 4.69) is 10.3 Å². The van der Waals surface area contributed by atoms with Crippen LogP contribution in [-0.4, -0.2) is 112 Å². The number of carbonyl (C=O) groups excluding carboxylic acids is 3. The summed E-state index contributed by atoms with van der Waals surface area (Å²) in [4.78, 5) is 47.1. The van der Waals surface area contributed by atoms with Crippen LogP contribution in [0.1, 0.15) is 57.2 Å². The first-order valence-corrected chi connectivity index (χ1v) is 16.9. The van der Waals surface area contributed by atoms with Gasteiger partial charge in [-0.3, -0.25) is 9.59 Å². The molecule has 2 saturated heterocycles. The Morgan fingerprint density at radius 1 is 0.959 bits per heavy atom. The van der Waals surface area contributed by atoms with E-state index in [0.717, 1.165) is 5.69 Å². The summed E-state index contributed by atoms with van der Waals surface area (Å²) < 4.78 is 24.3. The van der Waals surface area contributed by atoms with E-state index in [1.54, 1.807) is 50.8 Å². The SMILES string of the molecule is COc1ccc(OCc2c(C(=O)N(CC(C)C)[C@H]3C[C@@H](C(=O)N4CCOCC4)CN(C(=O)OC(C)(C)C)C3)nnn2-c2ccccc2)cc1. The fraction of sp³-hybridized carbons (Fsp3) is 0.528. The summed E-state index contributed by atoms with van der Waals surface area (Å²) in [6, 6.07) is 16.1. The molecule has 13 heteroatoms. The summed E-state index contributed by atoms with van der Waals surface area (Å²) in [5.74, 6) is 0.438. The Kier molecular flexibility index (Phi) is 11.4. The predicted molar refractivity (Wildman–Crippen MR) is 182 cm³/mol. The lowest BCUT2D eigenvalue weighted by Gasteiger charge is -2.44. The Morgan fingerprint density at radius 3 is 2.27 bits per heavy atom. The number of hydrogen-bond donors (Lipinski definition) is 0. The highest BCUT2D eigenvalue weighted by atomic mass is 16.6. The molecule has 2 atom stereocenters. The molecule has 1 aromatic heterocycles. The van der Waals surface area contributed by atoms with Crippen LogP contribution < -0.4 is 9.47 Å². The molecule has 0 radical (unpaired) electrons. The van der Waals surface area contributed by atoms with Crippen molar-refractivity contribution in [2.24, 2.45) is 11.8 Å². The van der Waals surface area contributed by atoms with Gasteiger partial charge in [0, 0.05) is 32.7 Å². The van der Waals surface area contributed by atoms with Crippen LogP contribution in [0.3, 0.4) is 0 Å². The zero-order valence-electron chi connectivity index (χ0n) is 29.3. The van der Waals surface area contributed by atoms with Gasteiger partial charge < -0.3 is 33.6 Å². The number of benzene rings is 2. The van der Waals surface area contributed by atoms with E-state index in [-0.39, 0.29) is 43.1 Å². The second-order valence-corrected chi connectivity index (χ2v) is 13.9. The summed E-state index contributed by atoms with van der Waals surface area (Å²) in [6.45, 7) is 12.2. The highest BCUT2D eigenvalue weighted by Crippen LogP contribution is 2.28. The highest BCUT2D eigenvalue weighted by Gasteiger charge is 2.42. The predicted octanol–water partition coefficient (Wildman–Crippen LogP) is 4.44. The normalized spacial score (nSPS) is 18.3. The Bertz CT molecular complexity index is 1560. The van der Waals surface area contributed by atoms with Crippen molar-refractivity contribution >= 4 is 17.9 Å². The van der Waals surface area contributed by atoms with Gasteiger partial charge in [0.05, 0.1) is 38.0 Å². The van der Waals surface area contributed by atoms with Gasteiger partial charge in [0.1, 0.15) is 29.4 Å². The zero-order chi connectivity index (χ0) is 35.1. The third-order valence-electron chi connectivity index (χ3n) is 8.42. The maximum Gasteiger partial charge on any atom is 0.410 e. The average molecular weight is 677 g/mol. The summed E-state index contributed by atoms with van der Waals surface area (Å²) in [5.41, 5.74) is 0.614. The molecule has 3 heterocycles. The first-order valence-electron chi connectivity index (χ1n) is 16.9. The fourth-order valence-corrected chi connectivity index (χ4v) is 6.12. The van der Waals surface area contributed by atoms with Crippen molar-refractivity contribution < 1.29 is 33.3 Å². The molecule has 3 aromatic rings. The minimum absolute atomic E-state index is 0.0116. The van der Waals surface area contributed by atoms with E-state index < -0.39 is 23.7 Å². The van der Waals surface area contributed by atoms with Crippen LogP contribution in [0.4, 0.5) is 4.79 Å². The smallest absolute Gasteiger partial charge is 0.410 e. The highest BCUT2D eigenvalue weighted by molar-refractivity contribution is 5.94. The third kappa shape index (κ3) is 9.08. The molecule has 13 nitrogen and oxygen atoms in total. The molecule has 0 saturated carbocycles. The summed E-state index contributed by atoms with van der Waals surface area (Å²) >= 11 is 0. The number of nitrogens with zero attached hydrogens (tertiary/aromatic N) is 6. The van der Waals surface area contributed by atoms with Gasteiger partial charge in [-0.25, -0.2) is 9.48 Å². The number of methoxy groups -OCH3 is 1. The van der Waals surface area contributed by atoms with Crippen LogP contribution in [0.2, 0.25) is 0 Å². The fourth-order valence-electron chi connectivity index (χ4n) is 6.12. The summed E-state index contributed by atoms with van der Waals surface area (Å²) in [5, 5.41) is 8.82. The molecule has 2 aliphatic rings. The van der Waals surface area contributed by atoms with Gasteiger partial charge in [-0.2, -0.15) is 0 Å². The summed E-state index contributed by atoms with van der Waals surface area (Å²) in [6.07, 6.45) is -0.129. The van der Waals surface area contributed by atoms with Crippen molar-refractivity contribution in [1.29, 1.82) is 0 Å². The second-order valence-electron chi connectivity index (χ2n) is 13.9. The number of para-hydroxylation sites is 1. The minimum Gasteiger partial charge on any atom is -0.497 e. The average Bonchev–Trinajstić information content (AvgIpc) is 3.53. The lowest BCUT2D eigenvalue weighted by Crippen LogP contribution is -2.58. The largest absolute Gasteiger partial charge is 0.497 e. The standard InChI is InChI=1S/C36H48N6O7/c1-25(2)21-41(28-20-26(33(43)39-16-18-47-19-17-39)22-40(23-28)35(45)49-36(3,4)5)34(44)32-31(24-48-30-14-12-29(46-6)13-15-30)42(38-37-32)27-10-8-7-9-11-27/h7-15,25-26,28H,16-24H2,1-6H3/t26-,28+/m1/s1. The first-order chi connectivity index (χ1) is 23.4. The van der Waals surface area contributed by atoms with Gasteiger partial charge in [-0.05, 0) is 69.5 Å². The molecular weight excluding hydrogens is 628 g/mol. The van der Waals surface area contributed by atoms with Gasteiger partial charge in [-0.15, -0.1) is 5.10 Å². The maximum absolute atomic E-state index is 14.7. The molecule has 3 amide bonds. The zero-order valence-corrected chi connectivity index (χ0v) is 29.3. The quantitative estimate of drug-likeness (QED) is 0.306. The monoisotopic (exact) mass is 676 g/mol. The third-order valence-corrected chi connectivity index (χ3v) is 8.42. The van der Waals surface area contributed by atoms with Crippen molar-refractivity contribution in [3.8, 4) is 17.2 Å². The Hall–Kier alpha value is -4.65. The minimum atomic E-state index is -0.726. The van der Waals surface area contributed by atoms with Crippen molar-refractivity contribution in [2.75, 3.05) is 53.0 Å². The van der Waals surface area contributed by atoms with Crippen LogP contribution in [-0.2, 0) is 20.9 Å². The molecule has 2 aliphatic heterocycles. The van der Waals surface area contributed by atoms with Crippen molar-refractivity contribution in [1.82, 2.24) is 29.7 Å². The van der Waals surface area contributed by atoms with E-state index >= 15 is 0 Å². The molecule has 2 aromatic carbocycles. The molecule has 5 rings (SSSR count). The number of rotatable bonds is 10. The molecule has 264 valence electrons. The number of carbonyl (C=O) groups is 3. The van der Waals surface area contributed by atoms with Crippen LogP contribution in [0.25, 0.3) is 5.69 Å². The lowest BCUT2D eigenvalue weighted by atomic mass is 9.91. The molecule has 2 fully saturated rings. The van der Waals surface area contributed by atoms with E-state index in [1.807, 2.05) is 65.0 Å². The molecule has 0 N–H and O–H groups in total. The van der Waals surface area contributed by atoms with Crippen LogP contribution in [0.15, 0.2) is 54.6 Å². The number of ether oxygens (including phenoxy) is 4. The molecule has 0 bridgehead atoms. The van der Waals surface area contributed by atoms with Crippen molar-refractivity contribution in [3.63, 3.8) is 0 Å². The number of hydrogen-bond acceptors (Lipinski definition) is 9. The van der Waals surface area contributed by atoms with E-state index in [4.69, 9.17) is 18.9 Å². The van der Waals surface area contributed by atoms with Crippen molar-refractivity contribution in [2.45, 2.75) is 59.3 Å². The first kappa shape index (κ1) is 35.7. The second kappa shape index (κ2) is 15.7. The van der Waals surface area contributed by atoms with Gasteiger partial charge >= 0.3 is 6.09 Å². The van der Waals surface area contributed by atoms with E-state index in [9.17, 15) is 14.4 Å². The van der Waals surface area contributed by atoms with Gasteiger partial charge in [0.15, 0.2) is 5.69 Å².